The predicted octanol–water partition coefficient (Wildman–Crippen LogP) is 4.92. The molecular formula is C23H19ClN4O2S. The van der Waals surface area contributed by atoms with Crippen LogP contribution in [0, 0.1) is 0 Å². The van der Waals surface area contributed by atoms with Crippen LogP contribution in [0.4, 0.5) is 5.69 Å². The Hall–Kier alpha value is -3.16. The average Bonchev–Trinajstić information content (AvgIpc) is 3.12. The average molecular weight is 451 g/mol. The predicted molar refractivity (Wildman–Crippen MR) is 127 cm³/mol. The number of nitrogens with zero attached hydrogens (tertiary/aromatic N) is 2. The van der Waals surface area contributed by atoms with E-state index >= 15 is 0 Å². The van der Waals surface area contributed by atoms with Crippen molar-refractivity contribution in [2.24, 2.45) is 4.99 Å². The summed E-state index contributed by atoms with van der Waals surface area (Å²) in [4.78, 5) is 33.9. The Morgan fingerprint density at radius 3 is 2.97 bits per heavy atom. The highest BCUT2D eigenvalue weighted by atomic mass is 35.5. The van der Waals surface area contributed by atoms with Crippen LogP contribution < -0.4 is 10.6 Å². The number of nitrogens with one attached hydrogen (secondary N) is 2. The van der Waals surface area contributed by atoms with Gasteiger partial charge in [-0.2, -0.15) is 0 Å². The first kappa shape index (κ1) is 21.1. The van der Waals surface area contributed by atoms with E-state index in [0.29, 0.717) is 32.9 Å². The third-order valence-electron chi connectivity index (χ3n) is 4.54. The van der Waals surface area contributed by atoms with E-state index in [9.17, 15) is 9.59 Å². The van der Waals surface area contributed by atoms with Crippen molar-refractivity contribution in [3.8, 4) is 0 Å². The van der Waals surface area contributed by atoms with Gasteiger partial charge >= 0.3 is 0 Å². The van der Waals surface area contributed by atoms with Crippen LogP contribution in [0.25, 0.3) is 17.0 Å². The SMILES string of the molecule is CCCNC(=O)c1ccc(Cl)c(N=C2NC(=O)/C(=C/c3ccc4ncccc4c3)S2)c1. The van der Waals surface area contributed by atoms with E-state index in [1.54, 1.807) is 24.4 Å². The zero-order valence-corrected chi connectivity index (χ0v) is 18.3. The molecule has 4 rings (SSSR count). The highest BCUT2D eigenvalue weighted by Crippen LogP contribution is 2.32. The van der Waals surface area contributed by atoms with Gasteiger partial charge in [0.05, 0.1) is 21.1 Å². The summed E-state index contributed by atoms with van der Waals surface area (Å²) < 4.78 is 0. The molecule has 1 aliphatic heterocycles. The molecule has 1 fully saturated rings. The Kier molecular flexibility index (Phi) is 6.34. The second-order valence-electron chi connectivity index (χ2n) is 6.86. The van der Waals surface area contributed by atoms with Gasteiger partial charge in [0.25, 0.3) is 11.8 Å². The van der Waals surface area contributed by atoms with E-state index < -0.39 is 0 Å². The molecule has 2 N–H and O–H groups in total. The Morgan fingerprint density at radius 2 is 2.13 bits per heavy atom. The van der Waals surface area contributed by atoms with Crippen LogP contribution in [0.2, 0.25) is 5.02 Å². The summed E-state index contributed by atoms with van der Waals surface area (Å²) in [6.07, 6.45) is 4.40. The minimum atomic E-state index is -0.233. The summed E-state index contributed by atoms with van der Waals surface area (Å²) in [6, 6.07) is 14.6. The first-order chi connectivity index (χ1) is 15.0. The summed E-state index contributed by atoms with van der Waals surface area (Å²) >= 11 is 7.49. The van der Waals surface area contributed by atoms with E-state index in [1.165, 1.54) is 11.8 Å². The number of benzene rings is 2. The lowest BCUT2D eigenvalue weighted by Gasteiger charge is -2.06. The molecule has 31 heavy (non-hydrogen) atoms. The smallest absolute Gasteiger partial charge is 0.264 e. The molecule has 2 heterocycles. The number of aliphatic imine (C=N–C) groups is 1. The number of hydrogen-bond donors (Lipinski definition) is 2. The molecule has 0 bridgehead atoms. The number of fused-ring (bicyclic) bond motifs is 1. The fourth-order valence-electron chi connectivity index (χ4n) is 3.01. The lowest BCUT2D eigenvalue weighted by molar-refractivity contribution is -0.115. The Morgan fingerprint density at radius 1 is 1.26 bits per heavy atom. The number of halogens is 1. The maximum Gasteiger partial charge on any atom is 0.264 e. The minimum absolute atomic E-state index is 0.186. The zero-order valence-electron chi connectivity index (χ0n) is 16.7. The number of amidine groups is 1. The van der Waals surface area contributed by atoms with Gasteiger partial charge in [-0.05, 0) is 66.2 Å². The van der Waals surface area contributed by atoms with Gasteiger partial charge in [-0.1, -0.05) is 30.7 Å². The quantitative estimate of drug-likeness (QED) is 0.540. The van der Waals surface area contributed by atoms with Gasteiger partial charge in [0.1, 0.15) is 0 Å². The number of carbonyl (C=O) groups is 2. The van der Waals surface area contributed by atoms with Crippen molar-refractivity contribution in [2.45, 2.75) is 13.3 Å². The van der Waals surface area contributed by atoms with Crippen molar-refractivity contribution in [2.75, 3.05) is 6.54 Å². The molecule has 0 saturated carbocycles. The van der Waals surface area contributed by atoms with E-state index in [1.807, 2.05) is 43.3 Å². The third-order valence-corrected chi connectivity index (χ3v) is 5.77. The van der Waals surface area contributed by atoms with E-state index in [0.717, 1.165) is 22.9 Å². The van der Waals surface area contributed by atoms with Crippen LogP contribution in [0.15, 0.2) is 64.6 Å². The zero-order chi connectivity index (χ0) is 21.8. The molecular weight excluding hydrogens is 432 g/mol. The molecule has 0 radical (unpaired) electrons. The number of hydrogen-bond acceptors (Lipinski definition) is 5. The largest absolute Gasteiger partial charge is 0.352 e. The lowest BCUT2D eigenvalue weighted by atomic mass is 10.1. The molecule has 0 aliphatic carbocycles. The second-order valence-corrected chi connectivity index (χ2v) is 8.30. The summed E-state index contributed by atoms with van der Waals surface area (Å²) in [5.41, 5.74) is 2.68. The van der Waals surface area contributed by atoms with Crippen LogP contribution in [0.1, 0.15) is 29.3 Å². The van der Waals surface area contributed by atoms with Crippen molar-refractivity contribution in [1.29, 1.82) is 0 Å². The molecule has 1 aromatic heterocycles. The molecule has 2 aromatic carbocycles. The highest BCUT2D eigenvalue weighted by molar-refractivity contribution is 8.18. The first-order valence-electron chi connectivity index (χ1n) is 9.75. The van der Waals surface area contributed by atoms with Gasteiger partial charge in [-0.15, -0.1) is 0 Å². The number of aromatic nitrogens is 1. The van der Waals surface area contributed by atoms with Gasteiger partial charge in [-0.25, -0.2) is 4.99 Å². The van der Waals surface area contributed by atoms with Crippen molar-refractivity contribution in [1.82, 2.24) is 15.6 Å². The lowest BCUT2D eigenvalue weighted by Crippen LogP contribution is -2.23. The molecule has 3 aromatic rings. The number of pyridine rings is 1. The van der Waals surface area contributed by atoms with Crippen LogP contribution >= 0.6 is 23.4 Å². The molecule has 6 nitrogen and oxygen atoms in total. The highest BCUT2D eigenvalue weighted by Gasteiger charge is 2.24. The standard InChI is InChI=1S/C23H19ClN4O2S/c1-2-9-26-21(29)16-6-7-17(24)19(13-16)27-23-28-22(30)20(31-23)12-14-5-8-18-15(11-14)4-3-10-25-18/h3-8,10-13H,2,9H2,1H3,(H,26,29)(H,27,28,30)/b20-12-. The van der Waals surface area contributed by atoms with Gasteiger partial charge in [0.2, 0.25) is 0 Å². The van der Waals surface area contributed by atoms with Crippen LogP contribution in [-0.2, 0) is 4.79 Å². The molecule has 1 saturated heterocycles. The van der Waals surface area contributed by atoms with Crippen molar-refractivity contribution >= 4 is 63.0 Å². The number of rotatable bonds is 5. The summed E-state index contributed by atoms with van der Waals surface area (Å²) in [5.74, 6) is -0.419. The molecule has 8 heteroatoms. The van der Waals surface area contributed by atoms with Crippen LogP contribution in [0.5, 0.6) is 0 Å². The molecule has 156 valence electrons. The Labute approximate surface area is 188 Å². The van der Waals surface area contributed by atoms with E-state index in [2.05, 4.69) is 20.6 Å². The van der Waals surface area contributed by atoms with E-state index in [-0.39, 0.29) is 11.8 Å². The van der Waals surface area contributed by atoms with Crippen LogP contribution in [0.3, 0.4) is 0 Å². The number of carbonyl (C=O) groups excluding carboxylic acids is 2. The van der Waals surface area contributed by atoms with Crippen molar-refractivity contribution in [3.63, 3.8) is 0 Å². The normalized spacial score (nSPS) is 16.1. The van der Waals surface area contributed by atoms with Gasteiger partial charge < -0.3 is 10.6 Å². The number of amides is 2. The maximum absolute atomic E-state index is 12.4. The topological polar surface area (TPSA) is 83.5 Å². The van der Waals surface area contributed by atoms with Crippen molar-refractivity contribution < 1.29 is 9.59 Å². The monoisotopic (exact) mass is 450 g/mol. The van der Waals surface area contributed by atoms with Crippen molar-refractivity contribution in [3.05, 3.63) is 75.8 Å². The molecule has 1 aliphatic rings. The fourth-order valence-corrected chi connectivity index (χ4v) is 4.00. The van der Waals surface area contributed by atoms with Gasteiger partial charge in [0, 0.05) is 23.7 Å². The summed E-state index contributed by atoms with van der Waals surface area (Å²) in [6.45, 7) is 2.58. The Balaban J connectivity index is 1.57. The third kappa shape index (κ3) is 4.95. The maximum atomic E-state index is 12.4. The van der Waals surface area contributed by atoms with Crippen LogP contribution in [-0.4, -0.2) is 28.5 Å². The van der Waals surface area contributed by atoms with Gasteiger partial charge in [0.15, 0.2) is 5.17 Å². The van der Waals surface area contributed by atoms with E-state index in [4.69, 9.17) is 11.6 Å². The molecule has 0 atom stereocenters. The summed E-state index contributed by atoms with van der Waals surface area (Å²) in [5, 5.41) is 7.38. The summed E-state index contributed by atoms with van der Waals surface area (Å²) in [7, 11) is 0. The minimum Gasteiger partial charge on any atom is -0.352 e. The first-order valence-corrected chi connectivity index (χ1v) is 10.9. The number of thioether (sulfide) groups is 1. The molecule has 2 amide bonds. The second kappa shape index (κ2) is 9.32. The molecule has 0 spiro atoms. The Bertz CT molecular complexity index is 1240. The van der Waals surface area contributed by atoms with Gasteiger partial charge in [-0.3, -0.25) is 14.6 Å². The molecule has 0 unspecified atom stereocenters. The fraction of sp³-hybridized carbons (Fsp3) is 0.130.